The monoisotopic (exact) mass is 468 g/mol. The summed E-state index contributed by atoms with van der Waals surface area (Å²) in [6, 6.07) is 23.7. The van der Waals surface area contributed by atoms with Crippen molar-refractivity contribution in [3.8, 4) is 11.5 Å². The minimum absolute atomic E-state index is 0.136. The van der Waals surface area contributed by atoms with Crippen molar-refractivity contribution in [2.24, 2.45) is 5.10 Å². The predicted molar refractivity (Wildman–Crippen MR) is 138 cm³/mol. The van der Waals surface area contributed by atoms with Gasteiger partial charge in [-0.25, -0.2) is 0 Å². The molecule has 0 aromatic heterocycles. The molecule has 0 spiro atoms. The molecule has 3 aromatic rings. The Kier molecular flexibility index (Phi) is 6.23. The zero-order chi connectivity index (χ0) is 23.5. The fourth-order valence-electron chi connectivity index (χ4n) is 3.87. The van der Waals surface area contributed by atoms with Crippen LogP contribution in [0.4, 0.5) is 5.69 Å². The first-order valence-electron chi connectivity index (χ1n) is 11.0. The van der Waals surface area contributed by atoms with E-state index in [1.54, 1.807) is 18.9 Å². The van der Waals surface area contributed by atoms with Gasteiger partial charge < -0.3 is 9.47 Å². The third-order valence-corrected chi connectivity index (χ3v) is 6.66. The third-order valence-electron chi connectivity index (χ3n) is 5.63. The topological polar surface area (TPSA) is 51.1 Å². The number of aryl methyl sites for hydroxylation is 1. The van der Waals surface area contributed by atoms with Gasteiger partial charge in [-0.15, -0.1) is 11.8 Å². The number of ether oxygens (including phenoxy) is 2. The molecule has 0 aliphatic carbocycles. The number of anilines is 1. The molecule has 0 saturated heterocycles. The lowest BCUT2D eigenvalue weighted by Crippen LogP contribution is -2.22. The number of hydrogen-bond acceptors (Lipinski definition) is 5. The van der Waals surface area contributed by atoms with Crippen molar-refractivity contribution >= 4 is 35.1 Å². The maximum atomic E-state index is 13.4. The van der Waals surface area contributed by atoms with Gasteiger partial charge in [0, 0.05) is 16.2 Å². The zero-order valence-corrected chi connectivity index (χ0v) is 19.8. The average Bonchev–Trinajstić information content (AvgIpc) is 3.18. The van der Waals surface area contributed by atoms with Gasteiger partial charge in [-0.05, 0) is 55.0 Å². The molecule has 34 heavy (non-hydrogen) atoms. The minimum Gasteiger partial charge on any atom is -0.493 e. The number of thioether (sulfide) groups is 1. The Bertz CT molecular complexity index is 1310. The second-order valence-corrected chi connectivity index (χ2v) is 9.09. The molecule has 2 aliphatic rings. The summed E-state index contributed by atoms with van der Waals surface area (Å²) in [6.45, 7) is 2.42. The first-order chi connectivity index (χ1) is 16.6. The number of rotatable bonds is 6. The lowest BCUT2D eigenvalue weighted by molar-refractivity contribution is -0.114. The van der Waals surface area contributed by atoms with Gasteiger partial charge in [-0.1, -0.05) is 48.0 Å². The van der Waals surface area contributed by atoms with Crippen LogP contribution in [0.25, 0.3) is 6.08 Å². The van der Waals surface area contributed by atoms with E-state index >= 15 is 0 Å². The Hall–Kier alpha value is -3.77. The number of amides is 1. The fraction of sp³-hybridized carbons (Fsp3) is 0.143. The Balaban J connectivity index is 1.47. The summed E-state index contributed by atoms with van der Waals surface area (Å²) in [5, 5.41) is 6.20. The smallest absolute Gasteiger partial charge is 0.280 e. The van der Waals surface area contributed by atoms with Gasteiger partial charge in [0.05, 0.1) is 24.1 Å². The number of para-hydroxylation sites is 2. The van der Waals surface area contributed by atoms with E-state index in [4.69, 9.17) is 14.6 Å². The Labute approximate surface area is 203 Å². The summed E-state index contributed by atoms with van der Waals surface area (Å²) in [5.41, 5.74) is 5.14. The van der Waals surface area contributed by atoms with Crippen LogP contribution in [0.15, 0.2) is 100 Å². The molecule has 5 nitrogen and oxygen atoms in total. The van der Waals surface area contributed by atoms with Crippen LogP contribution in [0.5, 0.6) is 11.5 Å². The number of hydrazone groups is 1. The predicted octanol–water partition coefficient (Wildman–Crippen LogP) is 5.90. The summed E-state index contributed by atoms with van der Waals surface area (Å²) in [5.74, 6) is 1.87. The molecule has 0 saturated carbocycles. The molecule has 5 rings (SSSR count). The van der Waals surface area contributed by atoms with E-state index < -0.39 is 0 Å². The van der Waals surface area contributed by atoms with E-state index in [9.17, 15) is 4.79 Å². The van der Waals surface area contributed by atoms with Gasteiger partial charge in [0.15, 0.2) is 11.5 Å². The fourth-order valence-corrected chi connectivity index (χ4v) is 4.71. The molecule has 0 atom stereocenters. The standard InChI is InChI=1S/C28H24N2O3S/c1-19-11-13-23(14-12-19)34-18-25-24(28(31)30(29-25)22-8-4-3-5-9-22)16-20-15-21-7-6-10-26(32-2)27(21)33-17-20/h3-16H,17-18H2,1-2H3. The van der Waals surface area contributed by atoms with E-state index in [1.807, 2.05) is 60.7 Å². The highest BCUT2D eigenvalue weighted by Gasteiger charge is 2.31. The zero-order valence-electron chi connectivity index (χ0n) is 19.0. The number of fused-ring (bicyclic) bond motifs is 1. The highest BCUT2D eigenvalue weighted by atomic mass is 32.2. The summed E-state index contributed by atoms with van der Waals surface area (Å²) in [7, 11) is 1.63. The van der Waals surface area contributed by atoms with Crippen LogP contribution in [0.2, 0.25) is 0 Å². The lowest BCUT2D eigenvalue weighted by atomic mass is 10.0. The molecule has 0 bridgehead atoms. The highest BCUT2D eigenvalue weighted by Crippen LogP contribution is 2.36. The summed E-state index contributed by atoms with van der Waals surface area (Å²) < 4.78 is 11.4. The highest BCUT2D eigenvalue weighted by molar-refractivity contribution is 8.00. The molecule has 1 amide bonds. The number of methoxy groups -OCH3 is 1. The molecule has 0 N–H and O–H groups in total. The number of benzene rings is 3. The quantitative estimate of drug-likeness (QED) is 0.334. The van der Waals surface area contributed by atoms with Crippen LogP contribution in [0.3, 0.4) is 0 Å². The number of carbonyl (C=O) groups excluding carboxylic acids is 1. The van der Waals surface area contributed by atoms with Crippen molar-refractivity contribution in [1.29, 1.82) is 0 Å². The van der Waals surface area contributed by atoms with E-state index in [0.717, 1.165) is 33.2 Å². The van der Waals surface area contributed by atoms with Crippen LogP contribution >= 0.6 is 11.8 Å². The second kappa shape index (κ2) is 9.61. The molecule has 0 fully saturated rings. The van der Waals surface area contributed by atoms with Crippen molar-refractivity contribution in [3.63, 3.8) is 0 Å². The van der Waals surface area contributed by atoms with Crippen molar-refractivity contribution in [2.75, 3.05) is 24.5 Å². The molecule has 0 unspecified atom stereocenters. The number of hydrogen-bond donors (Lipinski definition) is 0. The van der Waals surface area contributed by atoms with Crippen molar-refractivity contribution in [2.45, 2.75) is 11.8 Å². The third kappa shape index (κ3) is 4.50. The molecular formula is C28H24N2O3S. The van der Waals surface area contributed by atoms with Gasteiger partial charge >= 0.3 is 0 Å². The molecule has 3 aromatic carbocycles. The molecular weight excluding hydrogens is 444 g/mol. The lowest BCUT2D eigenvalue weighted by Gasteiger charge is -2.19. The Morgan fingerprint density at radius 1 is 1.06 bits per heavy atom. The van der Waals surface area contributed by atoms with Crippen molar-refractivity contribution in [3.05, 3.63) is 101 Å². The van der Waals surface area contributed by atoms with E-state index in [2.05, 4.69) is 31.2 Å². The van der Waals surface area contributed by atoms with Crippen LogP contribution in [0.1, 0.15) is 11.1 Å². The van der Waals surface area contributed by atoms with Gasteiger partial charge in [0.25, 0.3) is 5.91 Å². The number of nitrogens with zero attached hydrogens (tertiary/aromatic N) is 2. The molecule has 6 heteroatoms. The first-order valence-corrected chi connectivity index (χ1v) is 12.0. The summed E-state index contributed by atoms with van der Waals surface area (Å²) in [4.78, 5) is 14.6. The maximum Gasteiger partial charge on any atom is 0.280 e. The Morgan fingerprint density at radius 3 is 2.62 bits per heavy atom. The summed E-state index contributed by atoms with van der Waals surface area (Å²) >= 11 is 1.67. The average molecular weight is 469 g/mol. The molecule has 170 valence electrons. The van der Waals surface area contributed by atoms with Crippen molar-refractivity contribution < 1.29 is 14.3 Å². The van der Waals surface area contributed by atoms with Crippen LogP contribution in [-0.4, -0.2) is 31.1 Å². The van der Waals surface area contributed by atoms with E-state index in [0.29, 0.717) is 23.7 Å². The van der Waals surface area contributed by atoms with E-state index in [1.165, 1.54) is 10.6 Å². The van der Waals surface area contributed by atoms with Crippen molar-refractivity contribution in [1.82, 2.24) is 0 Å². The normalized spacial score (nSPS) is 16.1. The summed E-state index contributed by atoms with van der Waals surface area (Å²) in [6.07, 6.45) is 3.94. The maximum absolute atomic E-state index is 13.4. The molecule has 2 heterocycles. The number of carbonyl (C=O) groups is 1. The van der Waals surface area contributed by atoms with Crippen LogP contribution < -0.4 is 14.5 Å². The molecule has 2 aliphatic heterocycles. The second-order valence-electron chi connectivity index (χ2n) is 8.05. The van der Waals surface area contributed by atoms with Gasteiger partial charge in [0.2, 0.25) is 0 Å². The van der Waals surface area contributed by atoms with E-state index in [-0.39, 0.29) is 5.91 Å². The Morgan fingerprint density at radius 2 is 1.85 bits per heavy atom. The SMILES string of the molecule is COc1cccc2c1OCC(C=C1C(=O)N(c3ccccc3)N=C1CSc1ccc(C)cc1)=C2. The first kappa shape index (κ1) is 22.0. The largest absolute Gasteiger partial charge is 0.493 e. The molecule has 0 radical (unpaired) electrons. The van der Waals surface area contributed by atoms with Gasteiger partial charge in [0.1, 0.15) is 6.61 Å². The minimum atomic E-state index is -0.136. The van der Waals surface area contributed by atoms with Gasteiger partial charge in [-0.2, -0.15) is 10.1 Å². The van der Waals surface area contributed by atoms with Crippen LogP contribution in [-0.2, 0) is 4.79 Å². The van der Waals surface area contributed by atoms with Gasteiger partial charge in [-0.3, -0.25) is 4.79 Å². The van der Waals surface area contributed by atoms with Crippen LogP contribution in [0, 0.1) is 6.92 Å².